The van der Waals surface area contributed by atoms with Gasteiger partial charge in [0, 0.05) is 23.6 Å². The maximum Gasteiger partial charge on any atom is 0.255 e. The number of hydrogen-bond donors (Lipinski definition) is 3. The van der Waals surface area contributed by atoms with E-state index in [0.29, 0.717) is 39.9 Å². The molecule has 0 saturated carbocycles. The Bertz CT molecular complexity index is 1300. The van der Waals surface area contributed by atoms with Crippen LogP contribution in [0.25, 0.3) is 27.9 Å². The van der Waals surface area contributed by atoms with Gasteiger partial charge in [-0.2, -0.15) is 0 Å². The number of nitrogens with two attached hydrogens (primary N) is 1. The van der Waals surface area contributed by atoms with Crippen LogP contribution in [0.15, 0.2) is 64.6 Å². The molecule has 0 atom stereocenters. The molecule has 0 unspecified atom stereocenters. The molecule has 3 amide bonds. The van der Waals surface area contributed by atoms with Crippen LogP contribution in [0.4, 0.5) is 4.39 Å². The van der Waals surface area contributed by atoms with Crippen LogP contribution in [-0.4, -0.2) is 31.3 Å². The van der Waals surface area contributed by atoms with Gasteiger partial charge >= 0.3 is 0 Å². The van der Waals surface area contributed by atoms with Crippen molar-refractivity contribution in [3.8, 4) is 11.3 Å². The third-order valence-electron chi connectivity index (χ3n) is 5.19. The van der Waals surface area contributed by atoms with Crippen molar-refractivity contribution < 1.29 is 23.2 Å². The highest BCUT2D eigenvalue weighted by molar-refractivity contribution is 6.11. The molecule has 0 radical (unpaired) electrons. The molecule has 2 aromatic carbocycles. The third-order valence-corrected chi connectivity index (χ3v) is 5.19. The van der Waals surface area contributed by atoms with Gasteiger partial charge in [0.2, 0.25) is 5.91 Å². The van der Waals surface area contributed by atoms with Crippen LogP contribution in [0.2, 0.25) is 0 Å². The lowest BCUT2D eigenvalue weighted by Gasteiger charge is -2.07. The summed E-state index contributed by atoms with van der Waals surface area (Å²) in [5, 5.41) is 5.71. The van der Waals surface area contributed by atoms with Crippen molar-refractivity contribution in [2.75, 3.05) is 13.6 Å². The summed E-state index contributed by atoms with van der Waals surface area (Å²) in [5.41, 5.74) is 8.45. The lowest BCUT2D eigenvalue weighted by Crippen LogP contribution is -2.33. The maximum atomic E-state index is 13.4. The Labute approximate surface area is 196 Å². The van der Waals surface area contributed by atoms with Crippen LogP contribution in [0, 0.1) is 5.82 Å². The number of benzene rings is 2. The van der Waals surface area contributed by atoms with Gasteiger partial charge in [0.25, 0.3) is 11.8 Å². The summed E-state index contributed by atoms with van der Waals surface area (Å²) in [5.74, 6) is -1.43. The SMILES string of the molecule is CC/C=C(\C=C(/C)c1ccc2oc(-c3ccc(F)cc3)c(C(=O)NC)c2c1)C(=O)NCC(N)=O. The summed E-state index contributed by atoms with van der Waals surface area (Å²) >= 11 is 0. The Morgan fingerprint density at radius 1 is 1.12 bits per heavy atom. The Balaban J connectivity index is 2.07. The molecule has 8 heteroatoms. The van der Waals surface area contributed by atoms with Gasteiger partial charge in [-0.05, 0) is 67.0 Å². The van der Waals surface area contributed by atoms with Crippen molar-refractivity contribution in [2.24, 2.45) is 5.73 Å². The molecular weight excluding hydrogens is 437 g/mol. The van der Waals surface area contributed by atoms with E-state index in [0.717, 1.165) is 11.1 Å². The average molecular weight is 464 g/mol. The lowest BCUT2D eigenvalue weighted by atomic mass is 9.99. The van der Waals surface area contributed by atoms with Crippen LogP contribution in [-0.2, 0) is 9.59 Å². The lowest BCUT2D eigenvalue weighted by molar-refractivity contribution is -0.122. The highest BCUT2D eigenvalue weighted by atomic mass is 19.1. The number of allylic oxidation sites excluding steroid dienone is 2. The first kappa shape index (κ1) is 24.4. The molecule has 0 saturated heterocycles. The fourth-order valence-corrected chi connectivity index (χ4v) is 3.52. The van der Waals surface area contributed by atoms with E-state index in [1.165, 1.54) is 19.2 Å². The molecule has 176 valence electrons. The molecule has 0 fully saturated rings. The molecule has 0 spiro atoms. The second kappa shape index (κ2) is 10.6. The molecule has 3 rings (SSSR count). The normalized spacial score (nSPS) is 12.0. The van der Waals surface area contributed by atoms with Gasteiger partial charge in [0.1, 0.15) is 17.2 Å². The second-order valence-electron chi connectivity index (χ2n) is 7.65. The predicted octanol–water partition coefficient (Wildman–Crippen LogP) is 3.94. The van der Waals surface area contributed by atoms with Crippen molar-refractivity contribution in [2.45, 2.75) is 20.3 Å². The van der Waals surface area contributed by atoms with E-state index < -0.39 is 11.8 Å². The number of carbonyl (C=O) groups is 3. The van der Waals surface area contributed by atoms with E-state index in [-0.39, 0.29) is 18.3 Å². The van der Waals surface area contributed by atoms with Gasteiger partial charge in [0.05, 0.1) is 12.1 Å². The number of halogens is 1. The van der Waals surface area contributed by atoms with Gasteiger partial charge in [-0.15, -0.1) is 0 Å². The zero-order valence-electron chi connectivity index (χ0n) is 19.2. The quantitative estimate of drug-likeness (QED) is 0.347. The van der Waals surface area contributed by atoms with E-state index in [1.54, 1.807) is 30.4 Å². The van der Waals surface area contributed by atoms with Crippen LogP contribution in [0.5, 0.6) is 0 Å². The van der Waals surface area contributed by atoms with E-state index in [2.05, 4.69) is 10.6 Å². The number of carbonyl (C=O) groups excluding carboxylic acids is 3. The van der Waals surface area contributed by atoms with Crippen LogP contribution in [0.1, 0.15) is 36.2 Å². The monoisotopic (exact) mass is 463 g/mol. The smallest absolute Gasteiger partial charge is 0.255 e. The molecule has 0 aliphatic rings. The van der Waals surface area contributed by atoms with Crippen molar-refractivity contribution in [3.05, 3.63) is 77.1 Å². The molecule has 0 aliphatic heterocycles. The zero-order chi connectivity index (χ0) is 24.8. The highest BCUT2D eigenvalue weighted by Crippen LogP contribution is 2.35. The molecule has 4 N–H and O–H groups in total. The van der Waals surface area contributed by atoms with E-state index in [4.69, 9.17) is 10.2 Å². The first-order valence-electron chi connectivity index (χ1n) is 10.7. The van der Waals surface area contributed by atoms with Gasteiger partial charge in [-0.3, -0.25) is 14.4 Å². The average Bonchev–Trinajstić information content (AvgIpc) is 3.20. The highest BCUT2D eigenvalue weighted by Gasteiger charge is 2.22. The fraction of sp³-hybridized carbons (Fsp3) is 0.192. The Morgan fingerprint density at radius 3 is 2.44 bits per heavy atom. The number of primary amides is 1. The minimum atomic E-state index is -0.631. The van der Waals surface area contributed by atoms with Crippen molar-refractivity contribution in [1.29, 1.82) is 0 Å². The minimum Gasteiger partial charge on any atom is -0.455 e. The largest absolute Gasteiger partial charge is 0.455 e. The number of nitrogens with one attached hydrogen (secondary N) is 2. The third kappa shape index (κ3) is 5.40. The van der Waals surface area contributed by atoms with E-state index in [1.807, 2.05) is 26.0 Å². The predicted molar refractivity (Wildman–Crippen MR) is 129 cm³/mol. The maximum absolute atomic E-state index is 13.4. The Kier molecular flexibility index (Phi) is 7.63. The van der Waals surface area contributed by atoms with Crippen LogP contribution in [0.3, 0.4) is 0 Å². The van der Waals surface area contributed by atoms with Crippen molar-refractivity contribution in [3.63, 3.8) is 0 Å². The van der Waals surface area contributed by atoms with Gasteiger partial charge in [0.15, 0.2) is 0 Å². The molecule has 34 heavy (non-hydrogen) atoms. The summed E-state index contributed by atoms with van der Waals surface area (Å²) in [6.07, 6.45) is 4.08. The molecular formula is C26H26FN3O4. The standard InChI is InChI=1S/C26H26FN3O4/c1-4-5-18(25(32)30-14-22(28)31)12-15(2)17-8-11-21-20(13-17)23(26(33)29-3)24(34-21)16-6-9-19(27)10-7-16/h5-13H,4,14H2,1-3H3,(H2,28,31)(H,29,33)(H,30,32)/b15-12+,18-5+. The summed E-state index contributed by atoms with van der Waals surface area (Å²) in [6.45, 7) is 3.48. The fourth-order valence-electron chi connectivity index (χ4n) is 3.52. The molecule has 0 bridgehead atoms. The molecule has 1 heterocycles. The topological polar surface area (TPSA) is 114 Å². The second-order valence-corrected chi connectivity index (χ2v) is 7.65. The zero-order valence-corrected chi connectivity index (χ0v) is 19.2. The number of hydrogen-bond acceptors (Lipinski definition) is 4. The summed E-state index contributed by atoms with van der Waals surface area (Å²) in [7, 11) is 1.52. The minimum absolute atomic E-state index is 0.255. The number of amides is 3. The van der Waals surface area contributed by atoms with Crippen LogP contribution >= 0.6 is 0 Å². The summed E-state index contributed by atoms with van der Waals surface area (Å²) in [4.78, 5) is 36.2. The van der Waals surface area contributed by atoms with Crippen LogP contribution < -0.4 is 16.4 Å². The van der Waals surface area contributed by atoms with Crippen molar-refractivity contribution >= 4 is 34.3 Å². The molecule has 0 aliphatic carbocycles. The molecule has 1 aromatic heterocycles. The number of rotatable bonds is 8. The molecule has 3 aromatic rings. The van der Waals surface area contributed by atoms with E-state index >= 15 is 0 Å². The number of fused-ring (bicyclic) bond motifs is 1. The first-order chi connectivity index (χ1) is 16.2. The summed E-state index contributed by atoms with van der Waals surface area (Å²) < 4.78 is 19.4. The Hall–Kier alpha value is -4.20. The van der Waals surface area contributed by atoms with E-state index in [9.17, 15) is 18.8 Å². The van der Waals surface area contributed by atoms with Gasteiger partial charge < -0.3 is 20.8 Å². The summed E-state index contributed by atoms with van der Waals surface area (Å²) in [6, 6.07) is 11.1. The first-order valence-corrected chi connectivity index (χ1v) is 10.7. The molecule has 7 nitrogen and oxygen atoms in total. The van der Waals surface area contributed by atoms with Gasteiger partial charge in [-0.25, -0.2) is 4.39 Å². The van der Waals surface area contributed by atoms with Crippen molar-refractivity contribution in [1.82, 2.24) is 10.6 Å². The number of furan rings is 1. The Morgan fingerprint density at radius 2 is 1.82 bits per heavy atom. The van der Waals surface area contributed by atoms with Gasteiger partial charge in [-0.1, -0.05) is 19.1 Å².